The molecule has 6 nitrogen and oxygen atoms in total. The normalized spacial score (nSPS) is 20.4. The third kappa shape index (κ3) is 10.0. The first-order chi connectivity index (χ1) is 11.5. The summed E-state index contributed by atoms with van der Waals surface area (Å²) in [7, 11) is 4.02. The van der Waals surface area contributed by atoms with Crippen molar-refractivity contribution in [3.8, 4) is 0 Å². The van der Waals surface area contributed by atoms with E-state index in [-0.39, 0.29) is 24.0 Å². The molecule has 0 aromatic carbocycles. The molecule has 0 radical (unpaired) electrons. The maximum atomic E-state index is 11.8. The van der Waals surface area contributed by atoms with Gasteiger partial charge in [0.25, 0.3) is 0 Å². The van der Waals surface area contributed by atoms with Gasteiger partial charge >= 0.3 is 18.2 Å². The Labute approximate surface area is 150 Å². The highest BCUT2D eigenvalue weighted by atomic mass is 32.1. The summed E-state index contributed by atoms with van der Waals surface area (Å²) in [4.78, 5) is 24.5. The molecular weight excluding hydrogens is 361 g/mol. The number of aliphatic carboxylic acids is 1. The van der Waals surface area contributed by atoms with Crippen LogP contribution in [0.25, 0.3) is 0 Å². The van der Waals surface area contributed by atoms with Gasteiger partial charge in [0.05, 0.1) is 6.04 Å². The number of nitrogens with zero attached hydrogens (tertiary/aromatic N) is 2. The van der Waals surface area contributed by atoms with Gasteiger partial charge < -0.3 is 19.6 Å². The molecule has 0 spiro atoms. The lowest BCUT2D eigenvalue weighted by Crippen LogP contribution is -2.35. The van der Waals surface area contributed by atoms with Crippen molar-refractivity contribution in [1.29, 1.82) is 0 Å². The molecule has 25 heavy (non-hydrogen) atoms. The molecule has 0 bridgehead atoms. The number of carboxylic acids is 1. The number of thiol groups is 1. The second-order valence-electron chi connectivity index (χ2n) is 5.47. The minimum atomic E-state index is -5.08. The van der Waals surface area contributed by atoms with Crippen molar-refractivity contribution >= 4 is 24.7 Å². The lowest BCUT2D eigenvalue weighted by Gasteiger charge is -2.21. The van der Waals surface area contributed by atoms with Gasteiger partial charge in [-0.1, -0.05) is 24.8 Å². The van der Waals surface area contributed by atoms with Crippen LogP contribution in [-0.4, -0.2) is 78.2 Å². The molecule has 0 aromatic rings. The van der Waals surface area contributed by atoms with Crippen molar-refractivity contribution in [2.45, 2.75) is 23.9 Å². The summed E-state index contributed by atoms with van der Waals surface area (Å²) in [6.07, 6.45) is 1.21. The van der Waals surface area contributed by atoms with E-state index in [4.69, 9.17) is 14.6 Å². The van der Waals surface area contributed by atoms with Crippen LogP contribution in [0, 0.1) is 0 Å². The molecular formula is C15H23F3N2O4S. The van der Waals surface area contributed by atoms with Crippen LogP contribution in [0.1, 0.15) is 6.42 Å². The molecule has 2 atom stereocenters. The lowest BCUT2D eigenvalue weighted by molar-refractivity contribution is -0.192. The van der Waals surface area contributed by atoms with E-state index in [0.717, 1.165) is 13.0 Å². The quantitative estimate of drug-likeness (QED) is 0.563. The molecule has 144 valence electrons. The predicted molar refractivity (Wildman–Crippen MR) is 90.8 cm³/mol. The predicted octanol–water partition coefficient (Wildman–Crippen LogP) is 2.43. The largest absolute Gasteiger partial charge is 0.490 e. The second-order valence-corrected chi connectivity index (χ2v) is 6.20. The number of alkyl halides is 3. The number of halogens is 3. The van der Waals surface area contributed by atoms with Crippen molar-refractivity contribution in [2.75, 3.05) is 33.8 Å². The van der Waals surface area contributed by atoms with E-state index in [1.807, 2.05) is 14.1 Å². The maximum Gasteiger partial charge on any atom is 0.490 e. The summed E-state index contributed by atoms with van der Waals surface area (Å²) in [5.74, 6) is -2.76. The van der Waals surface area contributed by atoms with Crippen LogP contribution in [0.15, 0.2) is 24.8 Å². The summed E-state index contributed by atoms with van der Waals surface area (Å²) >= 11 is 4.45. The van der Waals surface area contributed by atoms with Crippen LogP contribution < -0.4 is 0 Å². The first kappa shape index (κ1) is 23.3. The number of ether oxygens (including phenoxy) is 1. The Morgan fingerprint density at radius 1 is 1.44 bits per heavy atom. The molecule has 1 rings (SSSR count). The fraction of sp³-hybridized carbons (Fsp3) is 0.600. The summed E-state index contributed by atoms with van der Waals surface area (Å²) < 4.78 is 36.8. The number of hydrogen-bond donors (Lipinski definition) is 2. The highest BCUT2D eigenvalue weighted by molar-refractivity contribution is 7.81. The molecule has 0 aromatic heterocycles. The first-order valence-electron chi connectivity index (χ1n) is 7.32. The minimum Gasteiger partial charge on any atom is -0.475 e. The van der Waals surface area contributed by atoms with Crippen LogP contribution in [0.3, 0.4) is 0 Å². The van der Waals surface area contributed by atoms with Crippen LogP contribution in [0.2, 0.25) is 0 Å². The monoisotopic (exact) mass is 384 g/mol. The Kier molecular flexibility index (Phi) is 10.3. The average molecular weight is 384 g/mol. The van der Waals surface area contributed by atoms with Crippen molar-refractivity contribution in [1.82, 2.24) is 9.80 Å². The van der Waals surface area contributed by atoms with Gasteiger partial charge in [-0.15, -0.1) is 0 Å². The highest BCUT2D eigenvalue weighted by Gasteiger charge is 2.38. The number of rotatable bonds is 5. The van der Waals surface area contributed by atoms with Crippen LogP contribution in [-0.2, 0) is 9.53 Å². The molecule has 1 heterocycles. The van der Waals surface area contributed by atoms with Crippen molar-refractivity contribution in [3.05, 3.63) is 24.8 Å². The molecule has 1 saturated heterocycles. The smallest absolute Gasteiger partial charge is 0.475 e. The molecule has 0 saturated carbocycles. The van der Waals surface area contributed by atoms with E-state index in [2.05, 4.69) is 36.3 Å². The van der Waals surface area contributed by atoms with E-state index >= 15 is 0 Å². The SMILES string of the molecule is C=CCOC(=O)N1CC(S)CC1/C=C\CN(C)C.O=C(O)C(F)(F)F. The summed E-state index contributed by atoms with van der Waals surface area (Å²) in [6, 6.07) is 0.0877. The zero-order chi connectivity index (χ0) is 19.6. The zero-order valence-electron chi connectivity index (χ0n) is 14.1. The first-order valence-corrected chi connectivity index (χ1v) is 7.84. The Hall–Kier alpha value is -1.68. The van der Waals surface area contributed by atoms with Crippen LogP contribution >= 0.6 is 12.6 Å². The maximum absolute atomic E-state index is 11.8. The summed E-state index contributed by atoms with van der Waals surface area (Å²) in [5, 5.41) is 7.34. The van der Waals surface area contributed by atoms with Crippen molar-refractivity contribution < 1.29 is 32.6 Å². The number of carbonyl (C=O) groups excluding carboxylic acids is 1. The van der Waals surface area contributed by atoms with E-state index in [9.17, 15) is 18.0 Å². The van der Waals surface area contributed by atoms with Gasteiger partial charge in [-0.3, -0.25) is 0 Å². The van der Waals surface area contributed by atoms with Gasteiger partial charge in [0.2, 0.25) is 0 Å². The van der Waals surface area contributed by atoms with Crippen LogP contribution in [0.5, 0.6) is 0 Å². The molecule has 1 aliphatic heterocycles. The Balaban J connectivity index is 0.000000697. The molecule has 1 fully saturated rings. The fourth-order valence-electron chi connectivity index (χ4n) is 1.88. The fourth-order valence-corrected chi connectivity index (χ4v) is 2.27. The van der Waals surface area contributed by atoms with Gasteiger partial charge in [-0.05, 0) is 20.5 Å². The Morgan fingerprint density at radius 3 is 2.44 bits per heavy atom. The number of likely N-dealkylation sites (N-methyl/N-ethyl adjacent to an activating group) is 1. The number of carbonyl (C=O) groups is 2. The molecule has 0 aliphatic carbocycles. The number of amides is 1. The van der Waals surface area contributed by atoms with E-state index in [0.29, 0.717) is 6.54 Å². The van der Waals surface area contributed by atoms with Gasteiger partial charge in [-0.25, -0.2) is 9.59 Å². The molecule has 1 N–H and O–H groups in total. The molecule has 1 amide bonds. The number of likely N-dealkylation sites (tertiary alicyclic amines) is 1. The minimum absolute atomic E-state index is 0.0877. The standard InChI is InChI=1S/C13H22N2O2S.C2HF3O2/c1-4-8-17-13(16)15-10-12(18)9-11(15)6-5-7-14(2)3;3-2(4,5)1(6)7/h4-6,11-12,18H,1,7-10H2,2-3H3;(H,6,7)/b6-5-;. The molecule has 1 aliphatic rings. The van der Waals surface area contributed by atoms with E-state index in [1.54, 1.807) is 11.0 Å². The van der Waals surface area contributed by atoms with Gasteiger partial charge in [-0.2, -0.15) is 25.8 Å². The number of hydrogen-bond acceptors (Lipinski definition) is 5. The zero-order valence-corrected chi connectivity index (χ0v) is 15.0. The third-order valence-corrected chi connectivity index (χ3v) is 3.33. The Bertz CT molecular complexity index is 484. The molecule has 2 unspecified atom stereocenters. The second kappa shape index (κ2) is 11.0. The van der Waals surface area contributed by atoms with E-state index < -0.39 is 12.1 Å². The van der Waals surface area contributed by atoms with Crippen LogP contribution in [0.4, 0.5) is 18.0 Å². The van der Waals surface area contributed by atoms with E-state index in [1.165, 1.54) is 0 Å². The van der Waals surface area contributed by atoms with Gasteiger partial charge in [0.1, 0.15) is 6.61 Å². The highest BCUT2D eigenvalue weighted by Crippen LogP contribution is 2.23. The lowest BCUT2D eigenvalue weighted by atomic mass is 10.2. The summed E-state index contributed by atoms with van der Waals surface area (Å²) in [5.41, 5.74) is 0. The topological polar surface area (TPSA) is 70.1 Å². The van der Waals surface area contributed by atoms with Gasteiger partial charge in [0, 0.05) is 18.3 Å². The summed E-state index contributed by atoms with van der Waals surface area (Å²) in [6.45, 7) is 5.28. The average Bonchev–Trinajstić information content (AvgIpc) is 2.85. The van der Waals surface area contributed by atoms with Crippen molar-refractivity contribution in [3.63, 3.8) is 0 Å². The third-order valence-electron chi connectivity index (χ3n) is 2.95. The Morgan fingerprint density at radius 2 is 2.00 bits per heavy atom. The van der Waals surface area contributed by atoms with Crippen molar-refractivity contribution in [2.24, 2.45) is 0 Å². The number of carboxylic acid groups (broad SMARTS) is 1. The van der Waals surface area contributed by atoms with Gasteiger partial charge in [0.15, 0.2) is 0 Å². The molecule has 10 heteroatoms.